The molecule has 0 aliphatic heterocycles. The zero-order valence-corrected chi connectivity index (χ0v) is 11.5. The Kier molecular flexibility index (Phi) is 4.55. The van der Waals surface area contributed by atoms with Crippen molar-refractivity contribution in [2.75, 3.05) is 6.54 Å². The summed E-state index contributed by atoms with van der Waals surface area (Å²) in [6, 6.07) is 0.356. The molecule has 3 N–H and O–H groups in total. The minimum absolute atomic E-state index is 0.0224. The molecule has 0 unspecified atom stereocenters. The minimum atomic E-state index is -0.860. The van der Waals surface area contributed by atoms with Crippen LogP contribution in [-0.4, -0.2) is 34.7 Å². The van der Waals surface area contributed by atoms with E-state index >= 15 is 0 Å². The Morgan fingerprint density at radius 3 is 2.24 bits per heavy atom. The van der Waals surface area contributed by atoms with E-state index in [0.29, 0.717) is 6.04 Å². The Morgan fingerprint density at radius 1 is 1.24 bits per heavy atom. The van der Waals surface area contributed by atoms with Crippen molar-refractivity contribution < 1.29 is 9.90 Å². The van der Waals surface area contributed by atoms with Gasteiger partial charge in [0.25, 0.3) is 0 Å². The van der Waals surface area contributed by atoms with Crippen molar-refractivity contribution in [3.63, 3.8) is 0 Å². The summed E-state index contributed by atoms with van der Waals surface area (Å²) in [5, 5.41) is 16.1. The molecule has 1 aliphatic carbocycles. The minimum Gasteiger partial charge on any atom is -0.389 e. The number of hydrogen-bond donors (Lipinski definition) is 3. The fraction of sp³-hybridized carbons (Fsp3) is 0.923. The maximum Gasteiger partial charge on any atom is 0.234 e. The molecule has 1 fully saturated rings. The van der Waals surface area contributed by atoms with Gasteiger partial charge in [0.2, 0.25) is 5.91 Å². The van der Waals surface area contributed by atoms with Crippen molar-refractivity contribution in [3.8, 4) is 0 Å². The van der Waals surface area contributed by atoms with Crippen LogP contribution in [0.25, 0.3) is 0 Å². The fourth-order valence-corrected chi connectivity index (χ4v) is 1.87. The second-order valence-corrected chi connectivity index (χ2v) is 6.09. The molecule has 1 amide bonds. The summed E-state index contributed by atoms with van der Waals surface area (Å²) < 4.78 is 0. The molecule has 1 rings (SSSR count). The van der Waals surface area contributed by atoms with Crippen molar-refractivity contribution in [2.24, 2.45) is 0 Å². The Balaban J connectivity index is 2.32. The zero-order valence-electron chi connectivity index (χ0n) is 11.5. The van der Waals surface area contributed by atoms with E-state index in [9.17, 15) is 9.90 Å². The van der Waals surface area contributed by atoms with E-state index in [-0.39, 0.29) is 12.5 Å². The lowest BCUT2D eigenvalue weighted by Crippen LogP contribution is -2.58. The molecule has 0 atom stereocenters. The number of carbonyl (C=O) groups is 1. The van der Waals surface area contributed by atoms with Crippen molar-refractivity contribution in [1.82, 2.24) is 10.6 Å². The third-order valence-electron chi connectivity index (χ3n) is 3.94. The quantitative estimate of drug-likeness (QED) is 0.678. The SMILES string of the molecule is CC(C)(O)C(C)(C)NCC(=O)NC1CCCC1. The van der Waals surface area contributed by atoms with E-state index in [1.54, 1.807) is 13.8 Å². The maximum absolute atomic E-state index is 11.7. The predicted molar refractivity (Wildman–Crippen MR) is 68.8 cm³/mol. The van der Waals surface area contributed by atoms with Crippen LogP contribution >= 0.6 is 0 Å². The molecule has 0 aromatic carbocycles. The number of nitrogens with one attached hydrogen (secondary N) is 2. The Morgan fingerprint density at radius 2 is 1.76 bits per heavy atom. The van der Waals surface area contributed by atoms with Gasteiger partial charge in [-0.2, -0.15) is 0 Å². The molecule has 0 radical (unpaired) electrons. The van der Waals surface area contributed by atoms with Crippen LogP contribution in [0.3, 0.4) is 0 Å². The lowest BCUT2D eigenvalue weighted by molar-refractivity contribution is -0.121. The molecule has 1 aliphatic rings. The molecular formula is C13H26N2O2. The number of amides is 1. The second kappa shape index (κ2) is 5.36. The highest BCUT2D eigenvalue weighted by molar-refractivity contribution is 5.78. The van der Waals surface area contributed by atoms with E-state index < -0.39 is 11.1 Å². The molecule has 0 aromatic heterocycles. The Hall–Kier alpha value is -0.610. The van der Waals surface area contributed by atoms with Crippen molar-refractivity contribution in [3.05, 3.63) is 0 Å². The monoisotopic (exact) mass is 242 g/mol. The molecule has 17 heavy (non-hydrogen) atoms. The first kappa shape index (κ1) is 14.5. The number of aliphatic hydroxyl groups is 1. The summed E-state index contributed by atoms with van der Waals surface area (Å²) in [4.78, 5) is 11.7. The number of hydrogen-bond acceptors (Lipinski definition) is 3. The standard InChI is InChI=1S/C13H26N2O2/c1-12(2,13(3,4)17)14-9-11(16)15-10-7-5-6-8-10/h10,14,17H,5-9H2,1-4H3,(H,15,16). The molecule has 0 bridgehead atoms. The first-order valence-electron chi connectivity index (χ1n) is 6.49. The average molecular weight is 242 g/mol. The smallest absolute Gasteiger partial charge is 0.234 e. The molecule has 1 saturated carbocycles. The predicted octanol–water partition coefficient (Wildman–Crippen LogP) is 1.18. The average Bonchev–Trinajstić information content (AvgIpc) is 2.66. The van der Waals surface area contributed by atoms with Gasteiger partial charge in [-0.1, -0.05) is 12.8 Å². The second-order valence-electron chi connectivity index (χ2n) is 6.09. The van der Waals surface area contributed by atoms with E-state index in [1.165, 1.54) is 12.8 Å². The largest absolute Gasteiger partial charge is 0.389 e. The summed E-state index contributed by atoms with van der Waals surface area (Å²) in [6.45, 7) is 7.54. The highest BCUT2D eigenvalue weighted by atomic mass is 16.3. The summed E-state index contributed by atoms with van der Waals surface area (Å²) in [7, 11) is 0. The van der Waals surface area contributed by atoms with E-state index in [4.69, 9.17) is 0 Å². The molecule has 0 heterocycles. The number of carbonyl (C=O) groups excluding carboxylic acids is 1. The van der Waals surface area contributed by atoms with Crippen LogP contribution in [0.5, 0.6) is 0 Å². The Labute approximate surface area is 104 Å². The first-order chi connectivity index (χ1) is 7.72. The van der Waals surface area contributed by atoms with Gasteiger partial charge in [0.15, 0.2) is 0 Å². The van der Waals surface area contributed by atoms with Gasteiger partial charge in [-0.05, 0) is 40.5 Å². The van der Waals surface area contributed by atoms with Crippen LogP contribution in [0.15, 0.2) is 0 Å². The molecular weight excluding hydrogens is 216 g/mol. The van der Waals surface area contributed by atoms with Gasteiger partial charge in [0, 0.05) is 11.6 Å². The van der Waals surface area contributed by atoms with E-state index in [0.717, 1.165) is 12.8 Å². The molecule has 0 saturated heterocycles. The molecule has 0 spiro atoms. The summed E-state index contributed by atoms with van der Waals surface area (Å²) in [5.74, 6) is 0.0224. The van der Waals surface area contributed by atoms with Crippen LogP contribution in [0.2, 0.25) is 0 Å². The van der Waals surface area contributed by atoms with Crippen LogP contribution in [-0.2, 0) is 4.79 Å². The van der Waals surface area contributed by atoms with Crippen LogP contribution < -0.4 is 10.6 Å². The van der Waals surface area contributed by atoms with Gasteiger partial charge in [-0.15, -0.1) is 0 Å². The molecule has 0 aromatic rings. The molecule has 4 nitrogen and oxygen atoms in total. The maximum atomic E-state index is 11.7. The van der Waals surface area contributed by atoms with Crippen LogP contribution in [0.1, 0.15) is 53.4 Å². The molecule has 100 valence electrons. The van der Waals surface area contributed by atoms with Crippen LogP contribution in [0.4, 0.5) is 0 Å². The van der Waals surface area contributed by atoms with Gasteiger partial charge in [0.05, 0.1) is 12.1 Å². The Bertz CT molecular complexity index is 263. The van der Waals surface area contributed by atoms with Gasteiger partial charge in [-0.25, -0.2) is 0 Å². The van der Waals surface area contributed by atoms with Gasteiger partial charge in [0.1, 0.15) is 0 Å². The van der Waals surface area contributed by atoms with E-state index in [1.807, 2.05) is 13.8 Å². The summed E-state index contributed by atoms with van der Waals surface area (Å²) >= 11 is 0. The fourth-order valence-electron chi connectivity index (χ4n) is 1.87. The first-order valence-corrected chi connectivity index (χ1v) is 6.49. The van der Waals surface area contributed by atoms with Gasteiger partial charge in [-0.3, -0.25) is 4.79 Å². The van der Waals surface area contributed by atoms with Crippen molar-refractivity contribution >= 4 is 5.91 Å². The summed E-state index contributed by atoms with van der Waals surface area (Å²) in [6.07, 6.45) is 4.63. The van der Waals surface area contributed by atoms with Gasteiger partial charge >= 0.3 is 0 Å². The highest BCUT2D eigenvalue weighted by Crippen LogP contribution is 2.20. The molecule has 4 heteroatoms. The number of rotatable bonds is 5. The lowest BCUT2D eigenvalue weighted by atomic mass is 9.86. The van der Waals surface area contributed by atoms with Crippen molar-refractivity contribution in [2.45, 2.75) is 70.6 Å². The zero-order chi connectivity index (χ0) is 13.1. The van der Waals surface area contributed by atoms with E-state index in [2.05, 4.69) is 10.6 Å². The topological polar surface area (TPSA) is 61.4 Å². The van der Waals surface area contributed by atoms with Crippen LogP contribution in [0, 0.1) is 0 Å². The van der Waals surface area contributed by atoms with Crippen molar-refractivity contribution in [1.29, 1.82) is 0 Å². The highest BCUT2D eigenvalue weighted by Gasteiger charge is 2.34. The normalized spacial score (nSPS) is 18.4. The third-order valence-corrected chi connectivity index (χ3v) is 3.94. The third kappa shape index (κ3) is 4.28. The lowest BCUT2D eigenvalue weighted by Gasteiger charge is -2.38. The summed E-state index contributed by atoms with van der Waals surface area (Å²) in [5.41, 5.74) is -1.35. The van der Waals surface area contributed by atoms with Gasteiger partial charge < -0.3 is 15.7 Å².